The van der Waals surface area contributed by atoms with Gasteiger partial charge in [-0.3, -0.25) is 0 Å². The summed E-state index contributed by atoms with van der Waals surface area (Å²) in [5.41, 5.74) is 6.72. The van der Waals surface area contributed by atoms with Crippen LogP contribution in [0.2, 0.25) is 5.02 Å². The number of nitrogens with one attached hydrogen (secondary N) is 1. The summed E-state index contributed by atoms with van der Waals surface area (Å²) in [4.78, 5) is 0. The van der Waals surface area contributed by atoms with Gasteiger partial charge in [0.05, 0.1) is 11.6 Å². The summed E-state index contributed by atoms with van der Waals surface area (Å²) in [5, 5.41) is 4.03. The van der Waals surface area contributed by atoms with Gasteiger partial charge in [-0.2, -0.15) is 0 Å². The Morgan fingerprint density at radius 3 is 2.65 bits per heavy atom. The third-order valence-corrected chi connectivity index (χ3v) is 2.87. The standard InChI is InChI=1S/C13H21ClN2O/c1-4-17-12-6-5-10(7-11(12)14)8-16-13(2,3)9-15/h5-7,16H,4,8-9,15H2,1-3H3. The predicted octanol–water partition coefficient (Wildman–Crippen LogP) is 2.57. The van der Waals surface area contributed by atoms with Crippen molar-refractivity contribution in [3.8, 4) is 5.75 Å². The maximum Gasteiger partial charge on any atom is 0.137 e. The van der Waals surface area contributed by atoms with E-state index in [-0.39, 0.29) is 5.54 Å². The topological polar surface area (TPSA) is 47.3 Å². The molecule has 0 bridgehead atoms. The van der Waals surface area contributed by atoms with Crippen LogP contribution in [-0.2, 0) is 6.54 Å². The van der Waals surface area contributed by atoms with E-state index in [1.807, 2.05) is 25.1 Å². The van der Waals surface area contributed by atoms with Gasteiger partial charge in [0.15, 0.2) is 0 Å². The first-order valence-electron chi connectivity index (χ1n) is 5.85. The summed E-state index contributed by atoms with van der Waals surface area (Å²) < 4.78 is 5.39. The van der Waals surface area contributed by atoms with E-state index in [4.69, 9.17) is 22.1 Å². The molecule has 3 N–H and O–H groups in total. The van der Waals surface area contributed by atoms with Gasteiger partial charge in [-0.1, -0.05) is 17.7 Å². The zero-order chi connectivity index (χ0) is 12.9. The van der Waals surface area contributed by atoms with Gasteiger partial charge in [0.1, 0.15) is 5.75 Å². The maximum absolute atomic E-state index is 6.11. The molecule has 4 heteroatoms. The molecular weight excluding hydrogens is 236 g/mol. The molecule has 0 amide bonds. The van der Waals surface area contributed by atoms with E-state index < -0.39 is 0 Å². The van der Waals surface area contributed by atoms with Crippen LogP contribution in [0, 0.1) is 0 Å². The van der Waals surface area contributed by atoms with Crippen LogP contribution in [0.1, 0.15) is 26.3 Å². The molecule has 0 atom stereocenters. The monoisotopic (exact) mass is 256 g/mol. The average molecular weight is 257 g/mol. The second-order valence-corrected chi connectivity index (χ2v) is 5.05. The Balaban J connectivity index is 2.64. The highest BCUT2D eigenvalue weighted by molar-refractivity contribution is 6.32. The van der Waals surface area contributed by atoms with E-state index in [1.165, 1.54) is 0 Å². The number of rotatable bonds is 6. The van der Waals surface area contributed by atoms with Gasteiger partial charge in [0, 0.05) is 18.6 Å². The minimum atomic E-state index is -0.0644. The van der Waals surface area contributed by atoms with Crippen LogP contribution in [0.5, 0.6) is 5.75 Å². The lowest BCUT2D eigenvalue weighted by molar-refractivity contribution is 0.340. The first-order valence-corrected chi connectivity index (χ1v) is 6.22. The summed E-state index contributed by atoms with van der Waals surface area (Å²) in [6.07, 6.45) is 0. The minimum Gasteiger partial charge on any atom is -0.492 e. The highest BCUT2D eigenvalue weighted by atomic mass is 35.5. The summed E-state index contributed by atoms with van der Waals surface area (Å²) in [7, 11) is 0. The van der Waals surface area contributed by atoms with Crippen molar-refractivity contribution in [1.82, 2.24) is 5.32 Å². The molecule has 17 heavy (non-hydrogen) atoms. The van der Waals surface area contributed by atoms with Crippen molar-refractivity contribution < 1.29 is 4.74 Å². The molecule has 96 valence electrons. The fourth-order valence-electron chi connectivity index (χ4n) is 1.34. The summed E-state index contributed by atoms with van der Waals surface area (Å²) in [6, 6.07) is 5.83. The highest BCUT2D eigenvalue weighted by Gasteiger charge is 2.14. The Labute approximate surface area is 108 Å². The van der Waals surface area contributed by atoms with Crippen LogP contribution in [0.25, 0.3) is 0 Å². The van der Waals surface area contributed by atoms with Crippen LogP contribution in [0.15, 0.2) is 18.2 Å². The van der Waals surface area contributed by atoms with Crippen molar-refractivity contribution >= 4 is 11.6 Å². The van der Waals surface area contributed by atoms with Crippen molar-refractivity contribution in [2.45, 2.75) is 32.9 Å². The van der Waals surface area contributed by atoms with Crippen LogP contribution >= 0.6 is 11.6 Å². The maximum atomic E-state index is 6.11. The quantitative estimate of drug-likeness (QED) is 0.822. The summed E-state index contributed by atoms with van der Waals surface area (Å²) in [6.45, 7) is 8.05. The third kappa shape index (κ3) is 4.54. The molecule has 0 spiro atoms. The SMILES string of the molecule is CCOc1ccc(CNC(C)(C)CN)cc1Cl. The number of halogens is 1. The largest absolute Gasteiger partial charge is 0.492 e. The van der Waals surface area contributed by atoms with Gasteiger partial charge in [-0.15, -0.1) is 0 Å². The van der Waals surface area contributed by atoms with Crippen LogP contribution < -0.4 is 15.8 Å². The van der Waals surface area contributed by atoms with Gasteiger partial charge in [0.25, 0.3) is 0 Å². The van der Waals surface area contributed by atoms with E-state index in [2.05, 4.69) is 19.2 Å². The van der Waals surface area contributed by atoms with E-state index in [0.29, 0.717) is 18.2 Å². The lowest BCUT2D eigenvalue weighted by Crippen LogP contribution is -2.45. The molecule has 0 saturated heterocycles. The molecule has 1 aromatic carbocycles. The van der Waals surface area contributed by atoms with Gasteiger partial charge in [0.2, 0.25) is 0 Å². The second kappa shape index (κ2) is 6.24. The zero-order valence-electron chi connectivity index (χ0n) is 10.7. The van der Waals surface area contributed by atoms with E-state index in [1.54, 1.807) is 0 Å². The molecule has 0 radical (unpaired) electrons. The highest BCUT2D eigenvalue weighted by Crippen LogP contribution is 2.25. The molecule has 0 aliphatic rings. The Morgan fingerprint density at radius 1 is 1.41 bits per heavy atom. The first-order chi connectivity index (χ1) is 7.98. The van der Waals surface area contributed by atoms with E-state index in [9.17, 15) is 0 Å². The van der Waals surface area contributed by atoms with E-state index in [0.717, 1.165) is 17.9 Å². The van der Waals surface area contributed by atoms with E-state index >= 15 is 0 Å². The summed E-state index contributed by atoms with van der Waals surface area (Å²) in [5.74, 6) is 0.732. The Bertz CT molecular complexity index is 366. The molecule has 3 nitrogen and oxygen atoms in total. The van der Waals surface area contributed by atoms with Crippen molar-refractivity contribution in [3.63, 3.8) is 0 Å². The zero-order valence-corrected chi connectivity index (χ0v) is 11.5. The molecular formula is C13H21ClN2O. The number of nitrogens with two attached hydrogens (primary N) is 1. The van der Waals surface area contributed by atoms with Crippen molar-refractivity contribution in [1.29, 1.82) is 0 Å². The molecule has 0 aliphatic heterocycles. The molecule has 0 unspecified atom stereocenters. The Kier molecular flexibility index (Phi) is 5.25. The average Bonchev–Trinajstić information content (AvgIpc) is 2.30. The van der Waals surface area contributed by atoms with Crippen molar-refractivity contribution in [2.24, 2.45) is 5.73 Å². The fraction of sp³-hybridized carbons (Fsp3) is 0.538. The normalized spacial score (nSPS) is 11.6. The minimum absolute atomic E-state index is 0.0644. The molecule has 0 saturated carbocycles. The molecule has 1 aromatic rings. The number of hydrogen-bond donors (Lipinski definition) is 2. The van der Waals surface area contributed by atoms with Gasteiger partial charge in [-0.25, -0.2) is 0 Å². The number of ether oxygens (including phenoxy) is 1. The Hall–Kier alpha value is -0.770. The molecule has 1 rings (SSSR count). The van der Waals surface area contributed by atoms with Gasteiger partial charge < -0.3 is 15.8 Å². The van der Waals surface area contributed by atoms with Gasteiger partial charge in [-0.05, 0) is 38.5 Å². The second-order valence-electron chi connectivity index (χ2n) is 4.64. The summed E-state index contributed by atoms with van der Waals surface area (Å²) >= 11 is 6.11. The fourth-order valence-corrected chi connectivity index (χ4v) is 1.60. The Morgan fingerprint density at radius 2 is 2.12 bits per heavy atom. The smallest absolute Gasteiger partial charge is 0.137 e. The van der Waals surface area contributed by atoms with Crippen LogP contribution in [0.4, 0.5) is 0 Å². The van der Waals surface area contributed by atoms with Crippen LogP contribution in [-0.4, -0.2) is 18.7 Å². The molecule has 0 aliphatic carbocycles. The lowest BCUT2D eigenvalue weighted by atomic mass is 10.1. The number of hydrogen-bond acceptors (Lipinski definition) is 3. The number of benzene rings is 1. The van der Waals surface area contributed by atoms with Crippen molar-refractivity contribution in [2.75, 3.05) is 13.2 Å². The lowest BCUT2D eigenvalue weighted by Gasteiger charge is -2.24. The molecule has 0 heterocycles. The first kappa shape index (κ1) is 14.3. The third-order valence-electron chi connectivity index (χ3n) is 2.58. The van der Waals surface area contributed by atoms with Gasteiger partial charge >= 0.3 is 0 Å². The predicted molar refractivity (Wildman–Crippen MR) is 72.6 cm³/mol. The van der Waals surface area contributed by atoms with Crippen LogP contribution in [0.3, 0.4) is 0 Å². The van der Waals surface area contributed by atoms with Crippen molar-refractivity contribution in [3.05, 3.63) is 28.8 Å². The molecule has 0 fully saturated rings. The molecule has 0 aromatic heterocycles.